The summed E-state index contributed by atoms with van der Waals surface area (Å²) >= 11 is 6.08. The summed E-state index contributed by atoms with van der Waals surface area (Å²) in [5, 5.41) is 14.8. The third kappa shape index (κ3) is 5.98. The molecular formula is C22H27ClN2O4S. The summed E-state index contributed by atoms with van der Waals surface area (Å²) in [5.74, 6) is 0.643. The zero-order valence-electron chi connectivity index (χ0n) is 17.3. The second kappa shape index (κ2) is 9.39. The Labute approximate surface area is 182 Å². The molecule has 0 saturated heterocycles. The SMILES string of the molecule is Cc1[nH]c2cc(OCCNC(O)Cc3ccc(Cl)c(CS(C)(=O)=O)c3)ccc2c1C. The molecule has 3 rings (SSSR count). The van der Waals surface area contributed by atoms with Crippen molar-refractivity contribution >= 4 is 32.3 Å². The zero-order valence-corrected chi connectivity index (χ0v) is 18.9. The maximum Gasteiger partial charge on any atom is 0.151 e. The predicted octanol–water partition coefficient (Wildman–Crippen LogP) is 3.51. The largest absolute Gasteiger partial charge is 0.492 e. The first-order chi connectivity index (χ1) is 14.1. The Morgan fingerprint density at radius 2 is 1.97 bits per heavy atom. The lowest BCUT2D eigenvalue weighted by Gasteiger charge is -2.14. The number of fused-ring (bicyclic) bond motifs is 1. The van der Waals surface area contributed by atoms with Crippen LogP contribution in [0.2, 0.25) is 5.02 Å². The Morgan fingerprint density at radius 3 is 2.70 bits per heavy atom. The van der Waals surface area contributed by atoms with Gasteiger partial charge >= 0.3 is 0 Å². The molecule has 0 spiro atoms. The molecule has 0 aliphatic rings. The predicted molar refractivity (Wildman–Crippen MR) is 121 cm³/mol. The molecule has 0 amide bonds. The minimum Gasteiger partial charge on any atom is -0.492 e. The van der Waals surface area contributed by atoms with E-state index in [0.717, 1.165) is 22.5 Å². The highest BCUT2D eigenvalue weighted by molar-refractivity contribution is 7.89. The van der Waals surface area contributed by atoms with E-state index in [-0.39, 0.29) is 5.75 Å². The van der Waals surface area contributed by atoms with Crippen LogP contribution in [0.3, 0.4) is 0 Å². The molecule has 0 radical (unpaired) electrons. The molecule has 1 atom stereocenters. The fourth-order valence-electron chi connectivity index (χ4n) is 3.38. The maximum absolute atomic E-state index is 11.5. The summed E-state index contributed by atoms with van der Waals surface area (Å²) < 4.78 is 28.8. The summed E-state index contributed by atoms with van der Waals surface area (Å²) in [6, 6.07) is 11.1. The van der Waals surface area contributed by atoms with E-state index in [1.165, 1.54) is 17.2 Å². The molecule has 0 aliphatic heterocycles. The van der Waals surface area contributed by atoms with Crippen LogP contribution < -0.4 is 10.1 Å². The number of hydrogen-bond acceptors (Lipinski definition) is 5. The average molecular weight is 451 g/mol. The molecule has 1 unspecified atom stereocenters. The van der Waals surface area contributed by atoms with E-state index in [0.29, 0.717) is 30.2 Å². The molecule has 8 heteroatoms. The summed E-state index contributed by atoms with van der Waals surface area (Å²) in [6.07, 6.45) is 0.723. The molecular weight excluding hydrogens is 424 g/mol. The van der Waals surface area contributed by atoms with Gasteiger partial charge in [0.25, 0.3) is 0 Å². The Hall–Kier alpha value is -2.06. The van der Waals surface area contributed by atoms with E-state index in [1.807, 2.05) is 25.1 Å². The molecule has 0 aliphatic carbocycles. The molecule has 6 nitrogen and oxygen atoms in total. The minimum absolute atomic E-state index is 0.124. The van der Waals surface area contributed by atoms with Crippen LogP contribution in [-0.4, -0.2) is 44.1 Å². The van der Waals surface area contributed by atoms with Gasteiger partial charge in [-0.3, -0.25) is 5.32 Å². The number of aryl methyl sites for hydroxylation is 2. The van der Waals surface area contributed by atoms with Gasteiger partial charge in [-0.05, 0) is 48.7 Å². The van der Waals surface area contributed by atoms with Gasteiger partial charge in [-0.1, -0.05) is 23.7 Å². The van der Waals surface area contributed by atoms with Crippen molar-refractivity contribution in [1.29, 1.82) is 0 Å². The first kappa shape index (κ1) is 22.6. The van der Waals surface area contributed by atoms with Crippen LogP contribution in [0.25, 0.3) is 10.9 Å². The van der Waals surface area contributed by atoms with E-state index in [9.17, 15) is 13.5 Å². The van der Waals surface area contributed by atoms with Crippen LogP contribution in [0, 0.1) is 13.8 Å². The van der Waals surface area contributed by atoms with Gasteiger partial charge in [0.2, 0.25) is 0 Å². The lowest BCUT2D eigenvalue weighted by molar-refractivity contribution is 0.130. The highest BCUT2D eigenvalue weighted by Crippen LogP contribution is 2.25. The third-order valence-corrected chi connectivity index (χ3v) is 6.19. The summed E-state index contributed by atoms with van der Waals surface area (Å²) in [7, 11) is -3.19. The van der Waals surface area contributed by atoms with E-state index in [4.69, 9.17) is 16.3 Å². The molecule has 3 aromatic rings. The van der Waals surface area contributed by atoms with Crippen LogP contribution in [0.5, 0.6) is 5.75 Å². The number of aliphatic hydroxyl groups excluding tert-OH is 1. The molecule has 3 N–H and O–H groups in total. The molecule has 1 aromatic heterocycles. The second-order valence-corrected chi connectivity index (χ2v) is 10.1. The lowest BCUT2D eigenvalue weighted by Crippen LogP contribution is -2.34. The Morgan fingerprint density at radius 1 is 1.20 bits per heavy atom. The van der Waals surface area contributed by atoms with E-state index in [2.05, 4.69) is 17.2 Å². The van der Waals surface area contributed by atoms with Crippen LogP contribution in [-0.2, 0) is 22.0 Å². The van der Waals surface area contributed by atoms with E-state index < -0.39 is 16.1 Å². The maximum atomic E-state index is 11.5. The van der Waals surface area contributed by atoms with Crippen LogP contribution >= 0.6 is 11.6 Å². The number of ether oxygens (including phenoxy) is 1. The molecule has 30 heavy (non-hydrogen) atoms. The molecule has 0 saturated carbocycles. The number of sulfone groups is 1. The third-order valence-electron chi connectivity index (χ3n) is 4.99. The van der Waals surface area contributed by atoms with Gasteiger partial charge in [0.15, 0.2) is 9.84 Å². The lowest BCUT2D eigenvalue weighted by atomic mass is 10.1. The second-order valence-electron chi connectivity index (χ2n) is 7.60. The van der Waals surface area contributed by atoms with Crippen molar-refractivity contribution in [3.05, 3.63) is 63.8 Å². The number of rotatable bonds is 9. The van der Waals surface area contributed by atoms with Gasteiger partial charge in [-0.25, -0.2) is 8.42 Å². The van der Waals surface area contributed by atoms with Crippen molar-refractivity contribution < 1.29 is 18.3 Å². The number of H-pyrrole nitrogens is 1. The number of hydrogen-bond donors (Lipinski definition) is 3. The van der Waals surface area contributed by atoms with Gasteiger partial charge in [0, 0.05) is 46.9 Å². The molecule has 1 heterocycles. The Kier molecular flexibility index (Phi) is 7.08. The van der Waals surface area contributed by atoms with Crippen molar-refractivity contribution in [3.63, 3.8) is 0 Å². The Bertz CT molecular complexity index is 1140. The highest BCUT2D eigenvalue weighted by atomic mass is 35.5. The number of benzene rings is 2. The van der Waals surface area contributed by atoms with Crippen LogP contribution in [0.15, 0.2) is 36.4 Å². The van der Waals surface area contributed by atoms with Crippen LogP contribution in [0.1, 0.15) is 22.4 Å². The first-order valence-corrected chi connectivity index (χ1v) is 12.1. The smallest absolute Gasteiger partial charge is 0.151 e. The molecule has 0 bridgehead atoms. The van der Waals surface area contributed by atoms with Crippen molar-refractivity contribution in [3.8, 4) is 5.75 Å². The number of aliphatic hydroxyl groups is 1. The van der Waals surface area contributed by atoms with E-state index in [1.54, 1.807) is 18.2 Å². The van der Waals surface area contributed by atoms with Gasteiger partial charge in [0.1, 0.15) is 18.6 Å². The number of nitrogens with one attached hydrogen (secondary N) is 2. The monoisotopic (exact) mass is 450 g/mol. The van der Waals surface area contributed by atoms with Gasteiger partial charge in [-0.2, -0.15) is 0 Å². The number of aromatic amines is 1. The van der Waals surface area contributed by atoms with Crippen molar-refractivity contribution in [2.45, 2.75) is 32.2 Å². The quantitative estimate of drug-likeness (QED) is 0.343. The van der Waals surface area contributed by atoms with Gasteiger partial charge < -0.3 is 14.8 Å². The molecule has 0 fully saturated rings. The average Bonchev–Trinajstić information content (AvgIpc) is 2.94. The van der Waals surface area contributed by atoms with Crippen molar-refractivity contribution in [1.82, 2.24) is 10.3 Å². The van der Waals surface area contributed by atoms with E-state index >= 15 is 0 Å². The number of aromatic nitrogens is 1. The zero-order chi connectivity index (χ0) is 21.9. The molecule has 162 valence electrons. The summed E-state index contributed by atoms with van der Waals surface area (Å²) in [4.78, 5) is 3.34. The Balaban J connectivity index is 1.49. The van der Waals surface area contributed by atoms with Crippen molar-refractivity contribution in [2.24, 2.45) is 0 Å². The fraction of sp³-hybridized carbons (Fsp3) is 0.364. The highest BCUT2D eigenvalue weighted by Gasteiger charge is 2.12. The summed E-state index contributed by atoms with van der Waals surface area (Å²) in [5.41, 5.74) is 4.78. The first-order valence-electron chi connectivity index (χ1n) is 9.70. The van der Waals surface area contributed by atoms with Gasteiger partial charge in [0.05, 0.1) is 5.75 Å². The standard InChI is InChI=1S/C22H27ClN2O4S/c1-14-15(2)25-21-12-18(5-6-19(14)21)29-9-8-24-22(26)11-16-4-7-20(23)17(10-16)13-30(3,27)28/h4-7,10,12,22,24-26H,8-9,11,13H2,1-3H3. The van der Waals surface area contributed by atoms with Crippen LogP contribution in [0.4, 0.5) is 0 Å². The fourth-order valence-corrected chi connectivity index (χ4v) is 4.45. The molecule has 2 aromatic carbocycles. The van der Waals surface area contributed by atoms with Gasteiger partial charge in [-0.15, -0.1) is 0 Å². The normalized spacial score (nSPS) is 13.0. The number of halogens is 1. The summed E-state index contributed by atoms with van der Waals surface area (Å²) in [6.45, 7) is 5.00. The topological polar surface area (TPSA) is 91.4 Å². The van der Waals surface area contributed by atoms with Crippen molar-refractivity contribution in [2.75, 3.05) is 19.4 Å². The minimum atomic E-state index is -3.19.